The van der Waals surface area contributed by atoms with E-state index in [1.807, 2.05) is 5.38 Å². The first-order chi connectivity index (χ1) is 8.83. The Labute approximate surface area is 110 Å². The molecule has 0 radical (unpaired) electrons. The molecule has 1 aliphatic rings. The zero-order valence-electron chi connectivity index (χ0n) is 10.0. The number of aromatic nitrogens is 4. The van der Waals surface area contributed by atoms with Gasteiger partial charge in [-0.25, -0.2) is 9.97 Å². The monoisotopic (exact) mass is 261 g/mol. The van der Waals surface area contributed by atoms with Gasteiger partial charge < -0.3 is 5.73 Å². The van der Waals surface area contributed by atoms with Crippen LogP contribution in [0.15, 0.2) is 10.9 Å². The highest BCUT2D eigenvalue weighted by molar-refractivity contribution is 7.07. The molecule has 2 aromatic heterocycles. The van der Waals surface area contributed by atoms with Gasteiger partial charge in [0.25, 0.3) is 0 Å². The third-order valence-electron chi connectivity index (χ3n) is 3.30. The van der Waals surface area contributed by atoms with Crippen molar-refractivity contribution in [2.45, 2.75) is 38.0 Å². The summed E-state index contributed by atoms with van der Waals surface area (Å²) in [6.07, 6.45) is 6.13. The summed E-state index contributed by atoms with van der Waals surface area (Å²) in [5.41, 5.74) is 8.34. The first-order valence-electron chi connectivity index (χ1n) is 6.23. The van der Waals surface area contributed by atoms with Crippen LogP contribution in [-0.2, 0) is 0 Å². The zero-order chi connectivity index (χ0) is 12.4. The number of rotatable bonds is 2. The Morgan fingerprint density at radius 1 is 1.11 bits per heavy atom. The van der Waals surface area contributed by atoms with Gasteiger partial charge >= 0.3 is 0 Å². The number of hydrogen-bond donors (Lipinski definition) is 1. The quantitative estimate of drug-likeness (QED) is 0.899. The van der Waals surface area contributed by atoms with E-state index in [1.54, 1.807) is 5.51 Å². The van der Waals surface area contributed by atoms with E-state index < -0.39 is 0 Å². The maximum absolute atomic E-state index is 5.79. The fourth-order valence-electron chi connectivity index (χ4n) is 2.39. The Kier molecular flexibility index (Phi) is 3.19. The first-order valence-corrected chi connectivity index (χ1v) is 7.17. The van der Waals surface area contributed by atoms with Crippen molar-refractivity contribution in [2.75, 3.05) is 5.73 Å². The second kappa shape index (κ2) is 4.97. The molecule has 18 heavy (non-hydrogen) atoms. The van der Waals surface area contributed by atoms with Crippen molar-refractivity contribution in [3.8, 4) is 11.5 Å². The average molecular weight is 261 g/mol. The molecular formula is C12H15N5S. The summed E-state index contributed by atoms with van der Waals surface area (Å²) in [6, 6.07) is 0. The fourth-order valence-corrected chi connectivity index (χ4v) is 2.92. The molecule has 0 atom stereocenters. The lowest BCUT2D eigenvalue weighted by Crippen LogP contribution is -2.12. The summed E-state index contributed by atoms with van der Waals surface area (Å²) < 4.78 is 0. The van der Waals surface area contributed by atoms with Gasteiger partial charge in [-0.05, 0) is 12.8 Å². The van der Waals surface area contributed by atoms with Crippen molar-refractivity contribution >= 4 is 17.3 Å². The molecule has 0 aliphatic heterocycles. The van der Waals surface area contributed by atoms with Gasteiger partial charge in [-0.15, -0.1) is 11.3 Å². The smallest absolute Gasteiger partial charge is 0.223 e. The number of hydrogen-bond acceptors (Lipinski definition) is 6. The first kappa shape index (κ1) is 11.5. The molecule has 0 saturated heterocycles. The predicted molar refractivity (Wildman–Crippen MR) is 71.2 cm³/mol. The van der Waals surface area contributed by atoms with Crippen LogP contribution < -0.4 is 5.73 Å². The molecule has 1 saturated carbocycles. The summed E-state index contributed by atoms with van der Waals surface area (Å²) in [4.78, 5) is 17.2. The van der Waals surface area contributed by atoms with Crippen LogP contribution in [0.4, 0.5) is 5.95 Å². The molecule has 1 fully saturated rings. The van der Waals surface area contributed by atoms with Crippen LogP contribution in [-0.4, -0.2) is 19.9 Å². The maximum Gasteiger partial charge on any atom is 0.223 e. The normalized spacial score (nSPS) is 16.9. The van der Waals surface area contributed by atoms with Crippen LogP contribution in [0.5, 0.6) is 0 Å². The zero-order valence-corrected chi connectivity index (χ0v) is 10.9. The number of nitrogen functional groups attached to an aromatic ring is 1. The Morgan fingerprint density at radius 3 is 2.67 bits per heavy atom. The van der Waals surface area contributed by atoms with Crippen LogP contribution in [0.2, 0.25) is 0 Å². The van der Waals surface area contributed by atoms with E-state index in [0.717, 1.165) is 24.4 Å². The Balaban J connectivity index is 1.95. The third-order valence-corrected chi connectivity index (χ3v) is 3.89. The van der Waals surface area contributed by atoms with Gasteiger partial charge in [0.15, 0.2) is 5.82 Å². The van der Waals surface area contributed by atoms with Crippen LogP contribution in [0.3, 0.4) is 0 Å². The standard InChI is InChI=1S/C12H15N5S/c13-12-16-10(8-4-2-1-3-5-8)15-11(17-12)9-6-18-7-14-9/h6-8H,1-5H2,(H2,13,15,16,17). The lowest BCUT2D eigenvalue weighted by molar-refractivity contribution is 0.428. The highest BCUT2D eigenvalue weighted by atomic mass is 32.1. The van der Waals surface area contributed by atoms with Gasteiger partial charge in [-0.3, -0.25) is 0 Å². The molecule has 1 aliphatic carbocycles. The number of anilines is 1. The minimum Gasteiger partial charge on any atom is -0.368 e. The van der Waals surface area contributed by atoms with E-state index in [2.05, 4.69) is 19.9 Å². The summed E-state index contributed by atoms with van der Waals surface area (Å²) in [6.45, 7) is 0. The number of nitrogens with zero attached hydrogens (tertiary/aromatic N) is 4. The largest absolute Gasteiger partial charge is 0.368 e. The van der Waals surface area contributed by atoms with Crippen LogP contribution in [0, 0.1) is 0 Å². The molecule has 0 amide bonds. The number of thiazole rings is 1. The van der Waals surface area contributed by atoms with Gasteiger partial charge in [-0.2, -0.15) is 9.97 Å². The molecule has 94 valence electrons. The van der Waals surface area contributed by atoms with E-state index in [9.17, 15) is 0 Å². The summed E-state index contributed by atoms with van der Waals surface area (Å²) in [7, 11) is 0. The molecular weight excluding hydrogens is 246 g/mol. The van der Waals surface area contributed by atoms with Crippen molar-refractivity contribution in [3.05, 3.63) is 16.7 Å². The maximum atomic E-state index is 5.79. The van der Waals surface area contributed by atoms with Crippen LogP contribution in [0.25, 0.3) is 11.5 Å². The Bertz CT molecular complexity index is 519. The van der Waals surface area contributed by atoms with Gasteiger partial charge in [0.2, 0.25) is 5.95 Å². The average Bonchev–Trinajstić information content (AvgIpc) is 2.93. The van der Waals surface area contributed by atoms with Crippen molar-refractivity contribution in [1.82, 2.24) is 19.9 Å². The Morgan fingerprint density at radius 2 is 1.94 bits per heavy atom. The van der Waals surface area contributed by atoms with Gasteiger partial charge in [0.1, 0.15) is 11.5 Å². The minimum atomic E-state index is 0.300. The molecule has 0 bridgehead atoms. The summed E-state index contributed by atoms with van der Waals surface area (Å²) in [5, 5.41) is 1.93. The Hall–Kier alpha value is -1.56. The van der Waals surface area contributed by atoms with Gasteiger partial charge in [0.05, 0.1) is 5.51 Å². The fraction of sp³-hybridized carbons (Fsp3) is 0.500. The van der Waals surface area contributed by atoms with E-state index in [0.29, 0.717) is 17.7 Å². The van der Waals surface area contributed by atoms with Crippen molar-refractivity contribution in [1.29, 1.82) is 0 Å². The predicted octanol–water partition coefficient (Wildman–Crippen LogP) is 2.63. The van der Waals surface area contributed by atoms with Crippen LogP contribution >= 0.6 is 11.3 Å². The topological polar surface area (TPSA) is 77.6 Å². The highest BCUT2D eigenvalue weighted by Gasteiger charge is 2.20. The molecule has 2 N–H and O–H groups in total. The molecule has 0 aromatic carbocycles. The highest BCUT2D eigenvalue weighted by Crippen LogP contribution is 2.31. The van der Waals surface area contributed by atoms with Gasteiger partial charge in [0, 0.05) is 11.3 Å². The molecule has 2 aromatic rings. The van der Waals surface area contributed by atoms with Crippen molar-refractivity contribution in [3.63, 3.8) is 0 Å². The second-order valence-corrected chi connectivity index (χ2v) is 5.30. The third kappa shape index (κ3) is 2.33. The van der Waals surface area contributed by atoms with E-state index in [-0.39, 0.29) is 0 Å². The van der Waals surface area contributed by atoms with Gasteiger partial charge in [-0.1, -0.05) is 19.3 Å². The molecule has 0 spiro atoms. The lowest BCUT2D eigenvalue weighted by Gasteiger charge is -2.20. The lowest BCUT2D eigenvalue weighted by atomic mass is 9.89. The number of nitrogens with two attached hydrogens (primary N) is 1. The summed E-state index contributed by atoms with van der Waals surface area (Å²) in [5.74, 6) is 2.17. The SMILES string of the molecule is Nc1nc(-c2cscn2)nc(C2CCCCC2)n1. The van der Waals surface area contributed by atoms with E-state index in [1.165, 1.54) is 30.6 Å². The molecule has 0 unspecified atom stereocenters. The molecule has 3 rings (SSSR count). The van der Waals surface area contributed by atoms with Crippen molar-refractivity contribution < 1.29 is 0 Å². The second-order valence-electron chi connectivity index (χ2n) is 4.58. The molecule has 5 nitrogen and oxygen atoms in total. The molecule has 6 heteroatoms. The van der Waals surface area contributed by atoms with Crippen LogP contribution in [0.1, 0.15) is 43.8 Å². The summed E-state index contributed by atoms with van der Waals surface area (Å²) >= 11 is 1.53. The van der Waals surface area contributed by atoms with E-state index >= 15 is 0 Å². The van der Waals surface area contributed by atoms with Crippen molar-refractivity contribution in [2.24, 2.45) is 0 Å². The minimum absolute atomic E-state index is 0.300. The van der Waals surface area contributed by atoms with E-state index in [4.69, 9.17) is 5.73 Å². The molecule has 2 heterocycles.